The molecule has 1 N–H and O–H groups in total. The molecule has 2 aromatic carbocycles. The molecule has 3 aromatic rings. The Kier molecular flexibility index (Phi) is 7.83. The predicted octanol–water partition coefficient (Wildman–Crippen LogP) is 5.53. The maximum Gasteiger partial charge on any atom is 0.320 e. The zero-order valence-electron chi connectivity index (χ0n) is 24.1. The smallest absolute Gasteiger partial charge is 0.320 e. The average molecular weight is 542 g/mol. The minimum absolute atomic E-state index is 0.0571. The molecule has 0 atom stereocenters. The van der Waals surface area contributed by atoms with Crippen molar-refractivity contribution in [2.24, 2.45) is 0 Å². The van der Waals surface area contributed by atoms with E-state index < -0.39 is 0 Å². The first-order chi connectivity index (χ1) is 19.5. The number of aromatic nitrogens is 1. The number of hydrogen-bond donors (Lipinski definition) is 1. The summed E-state index contributed by atoms with van der Waals surface area (Å²) in [4.78, 5) is 38.7. The lowest BCUT2D eigenvalue weighted by Gasteiger charge is -2.38. The lowest BCUT2D eigenvalue weighted by Crippen LogP contribution is -2.54. The third-order valence-corrected chi connectivity index (χ3v) is 9.41. The maximum atomic E-state index is 13.9. The van der Waals surface area contributed by atoms with E-state index in [4.69, 9.17) is 0 Å². The number of rotatable bonds is 4. The lowest BCUT2D eigenvalue weighted by atomic mass is 9.84. The Morgan fingerprint density at radius 3 is 2.08 bits per heavy atom. The summed E-state index contributed by atoms with van der Waals surface area (Å²) in [5.41, 5.74) is 7.18. The Morgan fingerprint density at radius 2 is 1.38 bits per heavy atom. The zero-order chi connectivity index (χ0) is 27.6. The van der Waals surface area contributed by atoms with Crippen molar-refractivity contribution in [1.29, 1.82) is 0 Å². The molecule has 0 saturated carbocycles. The van der Waals surface area contributed by atoms with Gasteiger partial charge >= 0.3 is 6.03 Å². The molecule has 0 spiro atoms. The number of aryl methyl sites for hydroxylation is 2. The number of piperidine rings is 2. The number of para-hydroxylation sites is 1. The van der Waals surface area contributed by atoms with Crippen LogP contribution in [0.5, 0.6) is 0 Å². The summed E-state index contributed by atoms with van der Waals surface area (Å²) in [5.74, 6) is 0.659. The standard InChI is InChI=1S/C33H43N5O2/c1-24-9-8-10-25(2)30(24)26-13-17-35(18-14-26)23-28-27-11-4-5-12-29(27)34-31(28)32(39)36-19-21-38(22-20-36)33(40)37-15-6-3-7-16-37/h4-5,8-12,26,34H,3,6-7,13-23H2,1-2H3. The van der Waals surface area contributed by atoms with Crippen molar-refractivity contribution in [3.63, 3.8) is 0 Å². The second kappa shape index (κ2) is 11.7. The van der Waals surface area contributed by atoms with E-state index >= 15 is 0 Å². The predicted molar refractivity (Wildman–Crippen MR) is 160 cm³/mol. The quantitative estimate of drug-likeness (QED) is 0.473. The zero-order valence-corrected chi connectivity index (χ0v) is 24.1. The highest BCUT2D eigenvalue weighted by molar-refractivity contribution is 6.01. The van der Waals surface area contributed by atoms with Crippen LogP contribution in [-0.2, 0) is 6.54 Å². The van der Waals surface area contributed by atoms with Gasteiger partial charge in [-0.25, -0.2) is 4.79 Å². The van der Waals surface area contributed by atoms with Crippen LogP contribution in [0.25, 0.3) is 10.9 Å². The van der Waals surface area contributed by atoms with Crippen LogP contribution in [0.3, 0.4) is 0 Å². The number of fused-ring (bicyclic) bond motifs is 1. The summed E-state index contributed by atoms with van der Waals surface area (Å²) < 4.78 is 0. The number of likely N-dealkylation sites (tertiary alicyclic amines) is 2. The number of aromatic amines is 1. The van der Waals surface area contributed by atoms with Gasteiger partial charge in [0.05, 0.1) is 0 Å². The van der Waals surface area contributed by atoms with Crippen molar-refractivity contribution < 1.29 is 9.59 Å². The van der Waals surface area contributed by atoms with Crippen LogP contribution in [0.15, 0.2) is 42.5 Å². The molecule has 7 heteroatoms. The first-order valence-electron chi connectivity index (χ1n) is 15.2. The summed E-state index contributed by atoms with van der Waals surface area (Å²) in [7, 11) is 0. The fourth-order valence-electron chi connectivity index (χ4n) is 7.17. The number of carbonyl (C=O) groups excluding carboxylic acids is 2. The molecule has 3 saturated heterocycles. The first kappa shape index (κ1) is 26.9. The Bertz CT molecular complexity index is 1340. The Balaban J connectivity index is 1.14. The molecule has 3 fully saturated rings. The first-order valence-corrected chi connectivity index (χ1v) is 15.2. The van der Waals surface area contributed by atoms with E-state index in [2.05, 4.69) is 60.1 Å². The van der Waals surface area contributed by atoms with Crippen molar-refractivity contribution in [1.82, 2.24) is 24.6 Å². The average Bonchev–Trinajstić information content (AvgIpc) is 3.36. The Morgan fingerprint density at radius 1 is 0.750 bits per heavy atom. The highest BCUT2D eigenvalue weighted by Crippen LogP contribution is 2.34. The number of nitrogens with zero attached hydrogens (tertiary/aromatic N) is 4. The van der Waals surface area contributed by atoms with Crippen molar-refractivity contribution in [3.8, 4) is 0 Å². The van der Waals surface area contributed by atoms with Gasteiger partial charge in [0.2, 0.25) is 0 Å². The van der Waals surface area contributed by atoms with Crippen LogP contribution in [0.1, 0.15) is 70.8 Å². The molecule has 3 aliphatic rings. The fourth-order valence-corrected chi connectivity index (χ4v) is 7.17. The number of carbonyl (C=O) groups is 2. The monoisotopic (exact) mass is 541 g/mol. The third-order valence-electron chi connectivity index (χ3n) is 9.41. The molecular weight excluding hydrogens is 498 g/mol. The van der Waals surface area contributed by atoms with Gasteiger partial charge in [-0.3, -0.25) is 9.69 Å². The molecule has 0 bridgehead atoms. The molecule has 40 heavy (non-hydrogen) atoms. The number of H-pyrrole nitrogens is 1. The summed E-state index contributed by atoms with van der Waals surface area (Å²) in [6.07, 6.45) is 5.69. The molecular formula is C33H43N5O2. The normalized spacial score (nSPS) is 19.4. The van der Waals surface area contributed by atoms with Gasteiger partial charge < -0.3 is 19.7 Å². The van der Waals surface area contributed by atoms with Crippen molar-refractivity contribution in [3.05, 3.63) is 70.4 Å². The van der Waals surface area contributed by atoms with Gasteiger partial charge in [0.25, 0.3) is 5.91 Å². The maximum absolute atomic E-state index is 13.9. The molecule has 212 valence electrons. The SMILES string of the molecule is Cc1cccc(C)c1C1CCN(Cc2c(C(=O)N3CCN(C(=O)N4CCCCC4)CC3)[nH]c3ccccc23)CC1. The number of benzene rings is 2. The van der Waals surface area contributed by atoms with Crippen LogP contribution in [0.2, 0.25) is 0 Å². The van der Waals surface area contributed by atoms with E-state index in [9.17, 15) is 9.59 Å². The van der Waals surface area contributed by atoms with Crippen molar-refractivity contribution in [2.75, 3.05) is 52.4 Å². The van der Waals surface area contributed by atoms with E-state index in [1.165, 1.54) is 23.1 Å². The minimum atomic E-state index is 0.0571. The van der Waals surface area contributed by atoms with Crippen LogP contribution >= 0.6 is 0 Å². The van der Waals surface area contributed by atoms with Crippen LogP contribution in [0.4, 0.5) is 4.79 Å². The van der Waals surface area contributed by atoms with Crippen molar-refractivity contribution in [2.45, 2.75) is 58.4 Å². The topological polar surface area (TPSA) is 62.9 Å². The Hall–Kier alpha value is -3.32. The van der Waals surface area contributed by atoms with Gasteiger partial charge in [0, 0.05) is 62.3 Å². The molecule has 4 heterocycles. The highest BCUT2D eigenvalue weighted by atomic mass is 16.2. The lowest BCUT2D eigenvalue weighted by molar-refractivity contribution is 0.0626. The van der Waals surface area contributed by atoms with Gasteiger partial charge in [-0.1, -0.05) is 36.4 Å². The van der Waals surface area contributed by atoms with E-state index in [1.54, 1.807) is 0 Å². The fraction of sp³-hybridized carbons (Fsp3) is 0.515. The number of piperazine rings is 1. The molecule has 0 unspecified atom stereocenters. The second-order valence-electron chi connectivity index (χ2n) is 12.0. The molecule has 0 aliphatic carbocycles. The molecule has 0 radical (unpaired) electrons. The van der Waals surface area contributed by atoms with E-state index in [1.807, 2.05) is 20.8 Å². The molecule has 3 aliphatic heterocycles. The number of nitrogens with one attached hydrogen (secondary N) is 1. The molecule has 6 rings (SSSR count). The molecule has 1 aromatic heterocycles. The summed E-state index contributed by atoms with van der Waals surface area (Å²) in [5, 5.41) is 1.14. The number of amides is 3. The summed E-state index contributed by atoms with van der Waals surface area (Å²) >= 11 is 0. The third kappa shape index (κ3) is 5.36. The Labute approximate surface area is 238 Å². The summed E-state index contributed by atoms with van der Waals surface area (Å²) in [6, 6.07) is 15.1. The van der Waals surface area contributed by atoms with Crippen LogP contribution in [0, 0.1) is 13.8 Å². The number of urea groups is 1. The van der Waals surface area contributed by atoms with Gasteiger partial charge in [-0.2, -0.15) is 0 Å². The van der Waals surface area contributed by atoms with E-state index in [0.717, 1.165) is 74.9 Å². The van der Waals surface area contributed by atoms with E-state index in [-0.39, 0.29) is 11.9 Å². The van der Waals surface area contributed by atoms with Gasteiger partial charge in [-0.15, -0.1) is 0 Å². The largest absolute Gasteiger partial charge is 0.350 e. The second-order valence-corrected chi connectivity index (χ2v) is 12.0. The van der Waals surface area contributed by atoms with Crippen LogP contribution < -0.4 is 0 Å². The van der Waals surface area contributed by atoms with Gasteiger partial charge in [0.1, 0.15) is 5.69 Å². The minimum Gasteiger partial charge on any atom is -0.350 e. The van der Waals surface area contributed by atoms with Gasteiger partial charge in [-0.05, 0) is 87.7 Å². The highest BCUT2D eigenvalue weighted by Gasteiger charge is 2.31. The molecule has 7 nitrogen and oxygen atoms in total. The molecule has 3 amide bonds. The number of hydrogen-bond acceptors (Lipinski definition) is 3. The van der Waals surface area contributed by atoms with Crippen molar-refractivity contribution >= 4 is 22.8 Å². The van der Waals surface area contributed by atoms with E-state index in [0.29, 0.717) is 37.8 Å². The van der Waals surface area contributed by atoms with Crippen LogP contribution in [-0.4, -0.2) is 88.9 Å². The summed E-state index contributed by atoms with van der Waals surface area (Å²) in [6.45, 7) is 11.4. The van der Waals surface area contributed by atoms with Gasteiger partial charge in [0.15, 0.2) is 0 Å².